The number of carbonyl (C=O) groups is 1. The molecule has 0 saturated carbocycles. The molecule has 2 aromatic heterocycles. The minimum absolute atomic E-state index is 0.207. The van der Waals surface area contributed by atoms with Gasteiger partial charge in [0.2, 0.25) is 0 Å². The number of nitrogens with one attached hydrogen (secondary N) is 1. The first-order valence-electron chi connectivity index (χ1n) is 10.2. The summed E-state index contributed by atoms with van der Waals surface area (Å²) < 4.78 is 5.82. The molecule has 0 unspecified atom stereocenters. The summed E-state index contributed by atoms with van der Waals surface area (Å²) in [5.41, 5.74) is 4.89. The highest BCUT2D eigenvalue weighted by molar-refractivity contribution is 7.16. The highest BCUT2D eigenvalue weighted by Crippen LogP contribution is 2.40. The van der Waals surface area contributed by atoms with Gasteiger partial charge in [-0.1, -0.05) is 72.0 Å². The molecule has 1 aliphatic rings. The molecule has 1 N–H and O–H groups in total. The molecule has 3 heterocycles. The third-order valence-electron chi connectivity index (χ3n) is 5.45. The van der Waals surface area contributed by atoms with Crippen molar-refractivity contribution in [1.29, 1.82) is 0 Å². The summed E-state index contributed by atoms with van der Waals surface area (Å²) in [4.78, 5) is 23.8. The predicted molar refractivity (Wildman–Crippen MR) is 127 cm³/mol. The van der Waals surface area contributed by atoms with Crippen LogP contribution in [0.5, 0.6) is 5.75 Å². The molecule has 3 aromatic carbocycles. The number of pyridine rings is 1. The molecule has 0 saturated heterocycles. The predicted octanol–water partition coefficient (Wildman–Crippen LogP) is 6.17. The van der Waals surface area contributed by atoms with Crippen molar-refractivity contribution in [3.05, 3.63) is 95.4 Å². The lowest BCUT2D eigenvalue weighted by atomic mass is 10.0. The van der Waals surface area contributed by atoms with Crippen molar-refractivity contribution in [3.8, 4) is 28.3 Å². The minimum Gasteiger partial charge on any atom is -0.487 e. The standard InChI is InChI=1S/C26H17N3O2S/c30-25(29-26-28-24-18-11-5-7-13-22(18)31-15-23(24)32-26)19-14-21(16-8-2-1-3-9-16)27-20-12-6-4-10-17(19)20/h1-14H,15H2,(H,28,29,30). The molecular weight excluding hydrogens is 418 g/mol. The Hall–Kier alpha value is -4.03. The van der Waals surface area contributed by atoms with Crippen molar-refractivity contribution < 1.29 is 9.53 Å². The van der Waals surface area contributed by atoms with E-state index in [4.69, 9.17) is 14.7 Å². The molecule has 0 bridgehead atoms. The first-order valence-corrected chi connectivity index (χ1v) is 11.1. The van der Waals surface area contributed by atoms with Crippen LogP contribution in [0.3, 0.4) is 0 Å². The summed E-state index contributed by atoms with van der Waals surface area (Å²) in [6.45, 7) is 0.455. The summed E-state index contributed by atoms with van der Waals surface area (Å²) in [5.74, 6) is 0.608. The van der Waals surface area contributed by atoms with E-state index in [1.54, 1.807) is 0 Å². The summed E-state index contributed by atoms with van der Waals surface area (Å²) in [7, 11) is 0. The Kier molecular flexibility index (Phi) is 4.44. The van der Waals surface area contributed by atoms with Gasteiger partial charge in [-0.05, 0) is 24.3 Å². The fourth-order valence-corrected chi connectivity index (χ4v) is 4.81. The first kappa shape index (κ1) is 18.7. The number of amides is 1. The van der Waals surface area contributed by atoms with E-state index in [-0.39, 0.29) is 5.91 Å². The molecule has 32 heavy (non-hydrogen) atoms. The van der Waals surface area contributed by atoms with Gasteiger partial charge in [-0.3, -0.25) is 10.1 Å². The maximum atomic E-state index is 13.4. The highest BCUT2D eigenvalue weighted by atomic mass is 32.1. The first-order chi connectivity index (χ1) is 15.8. The van der Waals surface area contributed by atoms with E-state index in [9.17, 15) is 4.79 Å². The van der Waals surface area contributed by atoms with Gasteiger partial charge in [0.25, 0.3) is 5.91 Å². The molecule has 0 fully saturated rings. The van der Waals surface area contributed by atoms with Crippen LogP contribution in [0.4, 0.5) is 5.13 Å². The molecule has 0 radical (unpaired) electrons. The van der Waals surface area contributed by atoms with Crippen LogP contribution in [0.1, 0.15) is 15.2 Å². The fourth-order valence-electron chi connectivity index (χ4n) is 3.93. The van der Waals surface area contributed by atoms with E-state index < -0.39 is 0 Å². The number of hydrogen-bond donors (Lipinski definition) is 1. The smallest absolute Gasteiger partial charge is 0.258 e. The Morgan fingerprint density at radius 2 is 1.69 bits per heavy atom. The molecular formula is C26H17N3O2S. The summed E-state index contributed by atoms with van der Waals surface area (Å²) in [6.07, 6.45) is 0. The zero-order valence-corrected chi connectivity index (χ0v) is 17.7. The number of fused-ring (bicyclic) bond motifs is 4. The Balaban J connectivity index is 1.39. The molecule has 0 spiro atoms. The van der Waals surface area contributed by atoms with Gasteiger partial charge in [-0.15, -0.1) is 0 Å². The lowest BCUT2D eigenvalue weighted by Gasteiger charge is -2.15. The van der Waals surface area contributed by atoms with Crippen LogP contribution in [0.15, 0.2) is 84.9 Å². The Morgan fingerprint density at radius 1 is 0.906 bits per heavy atom. The lowest BCUT2D eigenvalue weighted by Crippen LogP contribution is -2.13. The van der Waals surface area contributed by atoms with E-state index in [1.807, 2.05) is 84.9 Å². The van der Waals surface area contributed by atoms with Crippen LogP contribution in [0.2, 0.25) is 0 Å². The summed E-state index contributed by atoms with van der Waals surface area (Å²) in [6, 6.07) is 27.2. The number of benzene rings is 3. The molecule has 1 aliphatic heterocycles. The number of nitrogens with zero attached hydrogens (tertiary/aromatic N) is 2. The van der Waals surface area contributed by atoms with Crippen molar-refractivity contribution >= 4 is 33.3 Å². The van der Waals surface area contributed by atoms with Gasteiger partial charge >= 0.3 is 0 Å². The highest BCUT2D eigenvalue weighted by Gasteiger charge is 2.23. The lowest BCUT2D eigenvalue weighted by molar-refractivity contribution is 0.102. The third-order valence-corrected chi connectivity index (χ3v) is 6.39. The largest absolute Gasteiger partial charge is 0.487 e. The van der Waals surface area contributed by atoms with E-state index >= 15 is 0 Å². The van der Waals surface area contributed by atoms with Crippen molar-refractivity contribution in [2.75, 3.05) is 5.32 Å². The molecule has 5 aromatic rings. The number of carbonyl (C=O) groups excluding carboxylic acids is 1. The second kappa shape index (κ2) is 7.59. The third kappa shape index (κ3) is 3.21. The molecule has 0 atom stereocenters. The number of para-hydroxylation sites is 2. The number of rotatable bonds is 3. The maximum Gasteiger partial charge on any atom is 0.258 e. The van der Waals surface area contributed by atoms with Gasteiger partial charge in [-0.25, -0.2) is 9.97 Å². The molecule has 0 aliphatic carbocycles. The second-order valence-electron chi connectivity index (χ2n) is 7.47. The van der Waals surface area contributed by atoms with Gasteiger partial charge in [0.05, 0.1) is 27.3 Å². The van der Waals surface area contributed by atoms with Gasteiger partial charge in [0.1, 0.15) is 12.4 Å². The number of ether oxygens (including phenoxy) is 1. The van der Waals surface area contributed by atoms with Crippen LogP contribution in [-0.2, 0) is 6.61 Å². The van der Waals surface area contributed by atoms with Crippen molar-refractivity contribution in [2.45, 2.75) is 6.61 Å². The monoisotopic (exact) mass is 435 g/mol. The fraction of sp³-hybridized carbons (Fsp3) is 0.0385. The van der Waals surface area contributed by atoms with Crippen LogP contribution in [0, 0.1) is 0 Å². The average molecular weight is 436 g/mol. The molecule has 154 valence electrons. The number of aromatic nitrogens is 2. The van der Waals surface area contributed by atoms with Gasteiger partial charge in [0.15, 0.2) is 5.13 Å². The SMILES string of the molecule is O=C(Nc1nc2c(s1)COc1ccccc1-2)c1cc(-c2ccccc2)nc2ccccc12. The van der Waals surface area contributed by atoms with Crippen LogP contribution in [0.25, 0.3) is 33.4 Å². The maximum absolute atomic E-state index is 13.4. The normalized spacial score (nSPS) is 12.0. The van der Waals surface area contributed by atoms with Gasteiger partial charge in [-0.2, -0.15) is 0 Å². The second-order valence-corrected chi connectivity index (χ2v) is 8.55. The van der Waals surface area contributed by atoms with Crippen molar-refractivity contribution in [1.82, 2.24) is 9.97 Å². The van der Waals surface area contributed by atoms with Crippen LogP contribution >= 0.6 is 11.3 Å². The average Bonchev–Trinajstić information content (AvgIpc) is 3.27. The zero-order chi connectivity index (χ0) is 21.5. The Labute approximate surface area is 188 Å². The summed E-state index contributed by atoms with van der Waals surface area (Å²) in [5, 5.41) is 4.37. The van der Waals surface area contributed by atoms with Crippen LogP contribution in [-0.4, -0.2) is 15.9 Å². The molecule has 6 rings (SSSR count). The van der Waals surface area contributed by atoms with Gasteiger partial charge < -0.3 is 4.74 Å². The number of hydrogen-bond acceptors (Lipinski definition) is 5. The summed E-state index contributed by atoms with van der Waals surface area (Å²) >= 11 is 1.44. The topological polar surface area (TPSA) is 64.1 Å². The van der Waals surface area contributed by atoms with Crippen molar-refractivity contribution in [3.63, 3.8) is 0 Å². The zero-order valence-electron chi connectivity index (χ0n) is 16.9. The minimum atomic E-state index is -0.207. The molecule has 5 nitrogen and oxygen atoms in total. The van der Waals surface area contributed by atoms with Crippen molar-refractivity contribution in [2.24, 2.45) is 0 Å². The molecule has 6 heteroatoms. The van der Waals surface area contributed by atoms with Gasteiger partial charge in [0, 0.05) is 16.5 Å². The van der Waals surface area contributed by atoms with E-state index in [0.717, 1.165) is 44.0 Å². The number of anilines is 1. The quantitative estimate of drug-likeness (QED) is 0.368. The van der Waals surface area contributed by atoms with Crippen LogP contribution < -0.4 is 10.1 Å². The number of thiazole rings is 1. The Morgan fingerprint density at radius 3 is 2.59 bits per heavy atom. The van der Waals surface area contributed by atoms with E-state index in [2.05, 4.69) is 5.32 Å². The Bertz CT molecular complexity index is 1480. The molecule has 1 amide bonds. The van der Waals surface area contributed by atoms with E-state index in [0.29, 0.717) is 17.3 Å². The van der Waals surface area contributed by atoms with E-state index in [1.165, 1.54) is 11.3 Å².